The Morgan fingerprint density at radius 3 is 2.35 bits per heavy atom. The second-order valence-electron chi connectivity index (χ2n) is 10.0. The van der Waals surface area contributed by atoms with Crippen molar-refractivity contribution in [3.8, 4) is 5.75 Å². The third-order valence-corrected chi connectivity index (χ3v) is 9.88. The number of piperazine rings is 1. The first-order chi connectivity index (χ1) is 17.6. The number of sulfonamides is 1. The first-order valence-corrected chi connectivity index (χ1v) is 15.1. The maximum absolute atomic E-state index is 13.5. The molecular weight excluding hydrogens is 557 g/mol. The Labute approximate surface area is 234 Å². The Morgan fingerprint density at radius 1 is 0.973 bits per heavy atom. The molecule has 2 aliphatic rings. The van der Waals surface area contributed by atoms with Crippen LogP contribution in [0.1, 0.15) is 24.8 Å². The minimum atomic E-state index is -3.67. The van der Waals surface area contributed by atoms with E-state index >= 15 is 0 Å². The predicted octanol–water partition coefficient (Wildman–Crippen LogP) is 4.80. The van der Waals surface area contributed by atoms with Crippen molar-refractivity contribution in [3.63, 3.8) is 0 Å². The van der Waals surface area contributed by atoms with Crippen LogP contribution in [-0.2, 0) is 20.6 Å². The molecule has 0 N–H and O–H groups in total. The molecule has 0 bridgehead atoms. The highest BCUT2D eigenvalue weighted by molar-refractivity contribution is 7.88. The van der Waals surface area contributed by atoms with Crippen LogP contribution in [-0.4, -0.2) is 81.4 Å². The molecule has 2 aromatic rings. The van der Waals surface area contributed by atoms with Crippen molar-refractivity contribution in [2.24, 2.45) is 5.41 Å². The Kier molecular flexibility index (Phi) is 9.30. The topological polar surface area (TPSA) is 70.2 Å². The minimum absolute atomic E-state index is 0.0385. The smallest absolute Gasteiger partial charge is 0.223 e. The van der Waals surface area contributed by atoms with Crippen molar-refractivity contribution in [2.45, 2.75) is 25.0 Å². The van der Waals surface area contributed by atoms with Crippen LogP contribution in [0.5, 0.6) is 5.75 Å². The average molecular weight is 589 g/mol. The zero-order valence-electron chi connectivity index (χ0n) is 20.8. The van der Waals surface area contributed by atoms with Gasteiger partial charge in [0.25, 0.3) is 0 Å². The zero-order valence-corrected chi connectivity index (χ0v) is 23.9. The average Bonchev–Trinajstić information content (AvgIpc) is 2.86. The second-order valence-corrected chi connectivity index (χ2v) is 13.3. The lowest BCUT2D eigenvalue weighted by atomic mass is 9.78. The van der Waals surface area contributed by atoms with E-state index in [2.05, 4.69) is 4.90 Å². The van der Waals surface area contributed by atoms with Gasteiger partial charge in [-0.1, -0.05) is 40.9 Å². The molecule has 11 heteroatoms. The summed E-state index contributed by atoms with van der Waals surface area (Å²) in [5.74, 6) is 0.480. The van der Waals surface area contributed by atoms with Crippen molar-refractivity contribution in [1.82, 2.24) is 14.1 Å². The van der Waals surface area contributed by atoms with Gasteiger partial charge in [-0.2, -0.15) is 0 Å². The van der Waals surface area contributed by atoms with Crippen molar-refractivity contribution in [2.75, 3.05) is 52.9 Å². The summed E-state index contributed by atoms with van der Waals surface area (Å²) in [6.45, 7) is 3.83. The van der Waals surface area contributed by atoms with Gasteiger partial charge in [0.15, 0.2) is 0 Å². The molecule has 2 saturated heterocycles. The molecule has 0 aromatic heterocycles. The number of nitrogens with zero attached hydrogens (tertiary/aromatic N) is 3. The van der Waals surface area contributed by atoms with E-state index in [9.17, 15) is 13.2 Å². The van der Waals surface area contributed by atoms with Crippen LogP contribution in [0.25, 0.3) is 0 Å². The van der Waals surface area contributed by atoms with Crippen LogP contribution < -0.4 is 4.74 Å². The lowest BCUT2D eigenvalue weighted by Gasteiger charge is -2.43. The maximum Gasteiger partial charge on any atom is 0.223 e. The summed E-state index contributed by atoms with van der Waals surface area (Å²) >= 11 is 18.1. The van der Waals surface area contributed by atoms with Gasteiger partial charge in [-0.05, 0) is 61.9 Å². The molecule has 7 nitrogen and oxygen atoms in total. The summed E-state index contributed by atoms with van der Waals surface area (Å²) in [6, 6.07) is 11.9. The molecule has 37 heavy (non-hydrogen) atoms. The Hall–Kier alpha value is -1.55. The number of hydrogen-bond donors (Lipinski definition) is 0. The largest absolute Gasteiger partial charge is 0.493 e. The summed E-state index contributed by atoms with van der Waals surface area (Å²) in [7, 11) is -1.62. The molecule has 0 spiro atoms. The third-order valence-electron chi connectivity index (χ3n) is 7.09. The fourth-order valence-corrected chi connectivity index (χ4v) is 7.01. The van der Waals surface area contributed by atoms with Gasteiger partial charge in [-0.15, -0.1) is 0 Å². The first-order valence-electron chi connectivity index (χ1n) is 12.3. The molecular formula is C26H32Cl3N3O4S. The van der Waals surface area contributed by atoms with Gasteiger partial charge in [0.1, 0.15) is 5.75 Å². The van der Waals surface area contributed by atoms with Crippen molar-refractivity contribution >= 4 is 50.7 Å². The lowest BCUT2D eigenvalue weighted by molar-refractivity contribution is -0.136. The van der Waals surface area contributed by atoms with Crippen LogP contribution >= 0.6 is 34.8 Å². The highest BCUT2D eigenvalue weighted by Gasteiger charge is 2.43. The van der Waals surface area contributed by atoms with Gasteiger partial charge in [0.2, 0.25) is 15.9 Å². The number of ether oxygens (including phenoxy) is 1. The Bertz CT molecular complexity index is 1200. The van der Waals surface area contributed by atoms with Gasteiger partial charge < -0.3 is 14.5 Å². The van der Waals surface area contributed by atoms with Gasteiger partial charge in [-0.25, -0.2) is 12.7 Å². The monoisotopic (exact) mass is 587 g/mol. The Balaban J connectivity index is 1.53. The lowest BCUT2D eigenvalue weighted by Crippen LogP contribution is -2.53. The number of halogens is 3. The van der Waals surface area contributed by atoms with Crippen LogP contribution in [0.15, 0.2) is 42.5 Å². The van der Waals surface area contributed by atoms with Gasteiger partial charge in [-0.3, -0.25) is 4.79 Å². The number of benzene rings is 2. The molecule has 2 heterocycles. The van der Waals surface area contributed by atoms with E-state index in [1.807, 2.05) is 11.9 Å². The predicted molar refractivity (Wildman–Crippen MR) is 148 cm³/mol. The molecule has 0 saturated carbocycles. The summed E-state index contributed by atoms with van der Waals surface area (Å²) in [4.78, 5) is 17.5. The molecule has 2 aromatic carbocycles. The van der Waals surface area contributed by atoms with Crippen LogP contribution in [0.2, 0.25) is 15.1 Å². The second kappa shape index (κ2) is 12.1. The molecule has 0 aliphatic carbocycles. The van der Waals surface area contributed by atoms with E-state index in [1.54, 1.807) is 42.5 Å². The number of amides is 1. The van der Waals surface area contributed by atoms with E-state index < -0.39 is 15.4 Å². The summed E-state index contributed by atoms with van der Waals surface area (Å²) < 4.78 is 34.6. The number of carbonyl (C=O) groups excluding carboxylic acids is 1. The quantitative estimate of drug-likeness (QED) is 0.443. The van der Waals surface area contributed by atoms with E-state index in [0.717, 1.165) is 13.1 Å². The fourth-order valence-electron chi connectivity index (χ4n) is 4.90. The number of hydrogen-bond acceptors (Lipinski definition) is 5. The fraction of sp³-hybridized carbons (Fsp3) is 0.500. The van der Waals surface area contributed by atoms with Gasteiger partial charge in [0, 0.05) is 56.1 Å². The molecule has 2 aliphatic heterocycles. The van der Waals surface area contributed by atoms with E-state index in [0.29, 0.717) is 58.9 Å². The highest BCUT2D eigenvalue weighted by atomic mass is 35.5. The number of carbonyl (C=O) groups is 1. The van der Waals surface area contributed by atoms with Crippen LogP contribution in [0.4, 0.5) is 0 Å². The highest BCUT2D eigenvalue weighted by Crippen LogP contribution is 2.37. The summed E-state index contributed by atoms with van der Waals surface area (Å²) in [6.07, 6.45) is 1.56. The van der Waals surface area contributed by atoms with Gasteiger partial charge in [0.05, 0.1) is 22.4 Å². The summed E-state index contributed by atoms with van der Waals surface area (Å²) in [5, 5.41) is 1.29. The SMILES string of the molecule is CN1CCN(C(=O)CC2(COc3ccc(Cl)cc3)CCCN(S(=O)(=O)Cc3ccc(Cl)c(Cl)c3)C2)CC1. The molecule has 1 amide bonds. The third kappa shape index (κ3) is 7.52. The summed E-state index contributed by atoms with van der Waals surface area (Å²) in [5.41, 5.74) is -0.0836. The van der Waals surface area contributed by atoms with E-state index in [-0.39, 0.29) is 31.2 Å². The molecule has 2 fully saturated rings. The number of piperidine rings is 1. The number of likely N-dealkylation sites (N-methyl/N-ethyl adjacent to an activating group) is 1. The van der Waals surface area contributed by atoms with Crippen LogP contribution in [0.3, 0.4) is 0 Å². The number of rotatable bonds is 8. The first kappa shape index (κ1) is 28.5. The zero-order chi connectivity index (χ0) is 26.6. The van der Waals surface area contributed by atoms with Crippen molar-refractivity contribution in [1.29, 1.82) is 0 Å². The maximum atomic E-state index is 13.5. The molecule has 202 valence electrons. The Morgan fingerprint density at radius 2 is 1.68 bits per heavy atom. The molecule has 0 radical (unpaired) electrons. The van der Waals surface area contributed by atoms with Crippen molar-refractivity contribution in [3.05, 3.63) is 63.1 Å². The molecule has 1 unspecified atom stereocenters. The molecule has 4 rings (SSSR count). The minimum Gasteiger partial charge on any atom is -0.493 e. The standard InChI is InChI=1S/C26H32Cl3N3O4S/c1-30-11-13-31(14-12-30)25(33)16-26(19-36-22-6-4-21(27)5-7-22)9-2-10-32(18-26)37(34,35)17-20-3-8-23(28)24(29)15-20/h3-8,15H,2,9-14,16-19H2,1H3. The van der Waals surface area contributed by atoms with E-state index in [1.165, 1.54) is 4.31 Å². The molecule has 1 atom stereocenters. The van der Waals surface area contributed by atoms with Crippen LogP contribution in [0, 0.1) is 5.41 Å². The normalized spacial score (nSPS) is 21.7. The van der Waals surface area contributed by atoms with Crippen molar-refractivity contribution < 1.29 is 17.9 Å². The van der Waals surface area contributed by atoms with Gasteiger partial charge >= 0.3 is 0 Å². The van der Waals surface area contributed by atoms with E-state index in [4.69, 9.17) is 39.5 Å².